The van der Waals surface area contributed by atoms with Gasteiger partial charge in [-0.05, 0) is 111 Å². The molecule has 9 aromatic rings. The lowest BCUT2D eigenvalue weighted by Gasteiger charge is -2.29. The molecule has 0 aromatic heterocycles. The normalized spacial score (nSPS) is 12.7. The minimum absolute atomic E-state index is 0.131. The summed E-state index contributed by atoms with van der Waals surface area (Å²) in [6.07, 6.45) is 0. The number of nitrogens with zero attached hydrogens (tertiary/aromatic N) is 2. The second-order valence-electron chi connectivity index (χ2n) is 15.2. The van der Waals surface area contributed by atoms with Crippen molar-refractivity contribution in [2.24, 2.45) is 0 Å². The van der Waals surface area contributed by atoms with Crippen molar-refractivity contribution in [2.75, 3.05) is 9.80 Å². The van der Waals surface area contributed by atoms with Crippen LogP contribution in [0, 0.1) is 0 Å². The van der Waals surface area contributed by atoms with Crippen molar-refractivity contribution in [1.29, 1.82) is 0 Å². The highest BCUT2D eigenvalue weighted by molar-refractivity contribution is 6.07. The second-order valence-corrected chi connectivity index (χ2v) is 15.2. The van der Waals surface area contributed by atoms with Crippen molar-refractivity contribution in [2.45, 2.75) is 19.3 Å². The number of fused-ring (bicyclic) bond motifs is 5. The number of benzene rings is 9. The van der Waals surface area contributed by atoms with E-state index in [1.807, 2.05) is 12.1 Å². The second kappa shape index (κ2) is 13.3. The molecule has 0 spiro atoms. The van der Waals surface area contributed by atoms with E-state index < -0.39 is 0 Å². The molecule has 0 fully saturated rings. The molecule has 3 nitrogen and oxygen atoms in total. The van der Waals surface area contributed by atoms with Gasteiger partial charge in [-0.2, -0.15) is 0 Å². The van der Waals surface area contributed by atoms with Crippen LogP contribution in [0.3, 0.4) is 0 Å². The molecule has 9 aromatic carbocycles. The number of aromatic hydroxyl groups is 1. The molecule has 1 aliphatic carbocycles. The highest BCUT2D eigenvalue weighted by Gasteiger charge is 2.35. The summed E-state index contributed by atoms with van der Waals surface area (Å²) in [5.41, 5.74) is 13.1. The maximum atomic E-state index is 12.0. The molecule has 0 saturated heterocycles. The summed E-state index contributed by atoms with van der Waals surface area (Å²) < 4.78 is 0. The Morgan fingerprint density at radius 1 is 0.357 bits per heavy atom. The van der Waals surface area contributed by atoms with E-state index in [4.69, 9.17) is 0 Å². The minimum Gasteiger partial charge on any atom is -0.507 e. The summed E-state index contributed by atoms with van der Waals surface area (Å²) >= 11 is 0. The lowest BCUT2D eigenvalue weighted by Crippen LogP contribution is -2.16. The van der Waals surface area contributed by atoms with Crippen molar-refractivity contribution >= 4 is 55.7 Å². The summed E-state index contributed by atoms with van der Waals surface area (Å²) in [5, 5.41) is 16.6. The van der Waals surface area contributed by atoms with Gasteiger partial charge in [0.15, 0.2) is 0 Å². The van der Waals surface area contributed by atoms with Gasteiger partial charge >= 0.3 is 0 Å². The molecule has 268 valence electrons. The molecule has 0 atom stereocenters. The summed E-state index contributed by atoms with van der Waals surface area (Å²) in [6.45, 7) is 4.62. The van der Waals surface area contributed by atoms with Crippen molar-refractivity contribution in [3.63, 3.8) is 0 Å². The van der Waals surface area contributed by atoms with Gasteiger partial charge in [-0.1, -0.05) is 141 Å². The first kappa shape index (κ1) is 33.5. The molecule has 0 aliphatic heterocycles. The monoisotopic (exact) mass is 720 g/mol. The van der Waals surface area contributed by atoms with Crippen LogP contribution >= 0.6 is 0 Å². The topological polar surface area (TPSA) is 26.7 Å². The molecule has 0 saturated carbocycles. The van der Waals surface area contributed by atoms with E-state index in [2.05, 4.69) is 212 Å². The predicted molar refractivity (Wildman–Crippen MR) is 235 cm³/mol. The maximum absolute atomic E-state index is 12.0. The molecular weight excluding hydrogens is 681 g/mol. The van der Waals surface area contributed by atoms with Gasteiger partial charge in [-0.3, -0.25) is 0 Å². The fourth-order valence-corrected chi connectivity index (χ4v) is 8.78. The molecule has 3 heteroatoms. The van der Waals surface area contributed by atoms with Crippen LogP contribution in [0.25, 0.3) is 43.8 Å². The quantitative estimate of drug-likeness (QED) is 0.178. The molecule has 10 rings (SSSR count). The highest BCUT2D eigenvalue weighted by atomic mass is 16.3. The number of hydrogen-bond acceptors (Lipinski definition) is 3. The predicted octanol–water partition coefficient (Wildman–Crippen LogP) is 14.6. The number of hydrogen-bond donors (Lipinski definition) is 1. The van der Waals surface area contributed by atoms with E-state index in [-0.39, 0.29) is 11.2 Å². The summed E-state index contributed by atoms with van der Waals surface area (Å²) in [4.78, 5) is 4.57. The van der Waals surface area contributed by atoms with E-state index in [0.29, 0.717) is 0 Å². The smallest absolute Gasteiger partial charge is 0.125 e. The third-order valence-corrected chi connectivity index (χ3v) is 11.5. The van der Waals surface area contributed by atoms with Gasteiger partial charge < -0.3 is 14.9 Å². The average molecular weight is 721 g/mol. The van der Waals surface area contributed by atoms with Gasteiger partial charge in [0.25, 0.3) is 0 Å². The zero-order valence-electron chi connectivity index (χ0n) is 31.4. The van der Waals surface area contributed by atoms with Crippen molar-refractivity contribution in [3.8, 4) is 28.0 Å². The molecule has 1 aliphatic rings. The molecular formula is C53H40N2O. The third-order valence-electron chi connectivity index (χ3n) is 11.5. The van der Waals surface area contributed by atoms with Gasteiger partial charge in [0.05, 0.1) is 5.69 Å². The van der Waals surface area contributed by atoms with Gasteiger partial charge in [0.1, 0.15) is 5.75 Å². The van der Waals surface area contributed by atoms with Crippen LogP contribution in [-0.2, 0) is 5.41 Å². The Morgan fingerprint density at radius 3 is 1.64 bits per heavy atom. The SMILES string of the molecule is CC1(C)c2ccccc2-c2ccc(N(c3ccccc3)c3ccc(-c4ccc(N(c5ccccc5)c5ccc6ccccc6c5)c5ccccc45)c(O)c3)cc21. The molecule has 0 unspecified atom stereocenters. The van der Waals surface area contributed by atoms with E-state index in [9.17, 15) is 5.11 Å². The van der Waals surface area contributed by atoms with Crippen LogP contribution in [0.4, 0.5) is 34.1 Å². The lowest BCUT2D eigenvalue weighted by atomic mass is 9.82. The number of rotatable bonds is 7. The van der Waals surface area contributed by atoms with Gasteiger partial charge in [-0.15, -0.1) is 0 Å². The zero-order chi connectivity index (χ0) is 37.8. The average Bonchev–Trinajstić information content (AvgIpc) is 3.47. The molecule has 0 heterocycles. The highest BCUT2D eigenvalue weighted by Crippen LogP contribution is 2.51. The number of para-hydroxylation sites is 2. The summed E-state index contributed by atoms with van der Waals surface area (Å²) in [6, 6.07) is 70.6. The Bertz CT molecular complexity index is 2910. The Morgan fingerprint density at radius 2 is 0.893 bits per heavy atom. The molecule has 0 amide bonds. The maximum Gasteiger partial charge on any atom is 0.125 e. The van der Waals surface area contributed by atoms with Gasteiger partial charge in [0.2, 0.25) is 0 Å². The third kappa shape index (κ3) is 5.51. The van der Waals surface area contributed by atoms with E-state index in [1.54, 1.807) is 0 Å². The van der Waals surface area contributed by atoms with Crippen molar-refractivity contribution in [1.82, 2.24) is 0 Å². The largest absolute Gasteiger partial charge is 0.507 e. The van der Waals surface area contributed by atoms with Crippen LogP contribution in [0.5, 0.6) is 5.75 Å². The molecule has 0 radical (unpaired) electrons. The van der Waals surface area contributed by atoms with E-state index in [1.165, 1.54) is 33.0 Å². The summed E-state index contributed by atoms with van der Waals surface area (Å²) in [7, 11) is 0. The van der Waals surface area contributed by atoms with Crippen LogP contribution in [-0.4, -0.2) is 5.11 Å². The first-order chi connectivity index (χ1) is 27.5. The Labute approximate surface area is 328 Å². The Kier molecular flexibility index (Phi) is 7.97. The minimum atomic E-state index is -0.131. The van der Waals surface area contributed by atoms with Crippen molar-refractivity contribution in [3.05, 3.63) is 211 Å². The number of phenolic OH excluding ortho intramolecular Hbond substituents is 1. The lowest BCUT2D eigenvalue weighted by molar-refractivity contribution is 0.477. The number of anilines is 6. The molecule has 1 N–H and O–H groups in total. The Balaban J connectivity index is 1.08. The van der Waals surface area contributed by atoms with Gasteiger partial charge in [0, 0.05) is 50.9 Å². The Hall–Kier alpha value is -7.10. The van der Waals surface area contributed by atoms with Gasteiger partial charge in [-0.25, -0.2) is 0 Å². The van der Waals surface area contributed by atoms with Crippen LogP contribution in [0.1, 0.15) is 25.0 Å². The van der Waals surface area contributed by atoms with E-state index >= 15 is 0 Å². The fraction of sp³-hybridized carbons (Fsp3) is 0.0566. The van der Waals surface area contributed by atoms with Crippen LogP contribution < -0.4 is 9.80 Å². The van der Waals surface area contributed by atoms with Crippen molar-refractivity contribution < 1.29 is 5.11 Å². The fourth-order valence-electron chi connectivity index (χ4n) is 8.78. The number of phenols is 1. The molecule has 0 bridgehead atoms. The first-order valence-electron chi connectivity index (χ1n) is 19.2. The standard InChI is InChI=1S/C53H40N2O/c1-53(2)49-24-14-13-22-45(49)46-29-27-41(34-50(46)53)54(38-17-5-3-6-18-38)42-28-30-48(52(56)35-42)44-31-32-51(47-23-12-11-21-43(44)47)55(39-19-7-4-8-20-39)40-26-25-36-15-9-10-16-37(36)33-40/h3-35,56H,1-2H3. The first-order valence-corrected chi connectivity index (χ1v) is 19.2. The summed E-state index contributed by atoms with van der Waals surface area (Å²) in [5.74, 6) is 0.227. The molecule has 56 heavy (non-hydrogen) atoms. The van der Waals surface area contributed by atoms with E-state index in [0.717, 1.165) is 56.0 Å². The van der Waals surface area contributed by atoms with Crippen LogP contribution in [0.2, 0.25) is 0 Å². The van der Waals surface area contributed by atoms with Crippen LogP contribution in [0.15, 0.2) is 200 Å². The zero-order valence-corrected chi connectivity index (χ0v) is 31.4.